The molecule has 0 bridgehead atoms. The highest BCUT2D eigenvalue weighted by Gasteiger charge is 2.20. The molecule has 1 atom stereocenters. The number of para-hydroxylation sites is 2. The van der Waals surface area contributed by atoms with Gasteiger partial charge in [-0.1, -0.05) is 42.5 Å². The van der Waals surface area contributed by atoms with E-state index in [2.05, 4.69) is 20.3 Å². The van der Waals surface area contributed by atoms with E-state index in [4.69, 9.17) is 4.98 Å². The number of amides is 1. The van der Waals surface area contributed by atoms with Crippen LogP contribution in [0.1, 0.15) is 40.1 Å². The van der Waals surface area contributed by atoms with Crippen molar-refractivity contribution in [2.45, 2.75) is 39.2 Å². The summed E-state index contributed by atoms with van der Waals surface area (Å²) in [6.07, 6.45) is 1.18. The first-order valence-corrected chi connectivity index (χ1v) is 12.1. The van der Waals surface area contributed by atoms with Gasteiger partial charge in [-0.25, -0.2) is 9.97 Å². The van der Waals surface area contributed by atoms with E-state index in [1.54, 1.807) is 0 Å². The average Bonchev–Trinajstić information content (AvgIpc) is 3.39. The highest BCUT2D eigenvalue weighted by atomic mass is 32.1. The highest BCUT2D eigenvalue weighted by Crippen LogP contribution is 2.26. The lowest BCUT2D eigenvalue weighted by molar-refractivity contribution is -0.121. The molecule has 8 heteroatoms. The van der Waals surface area contributed by atoms with Crippen molar-refractivity contribution in [1.29, 1.82) is 0 Å². The van der Waals surface area contributed by atoms with Crippen molar-refractivity contribution in [3.8, 4) is 0 Å². The molecule has 172 valence electrons. The number of hydrogen-bond acceptors (Lipinski definition) is 5. The highest BCUT2D eigenvalue weighted by molar-refractivity contribution is 7.18. The predicted octanol–water partition coefficient (Wildman–Crippen LogP) is 4.51. The summed E-state index contributed by atoms with van der Waals surface area (Å²) in [6.45, 7) is 3.92. The molecule has 0 aliphatic carbocycles. The first-order valence-electron chi connectivity index (χ1n) is 11.2. The Labute approximate surface area is 200 Å². The van der Waals surface area contributed by atoms with E-state index in [9.17, 15) is 9.59 Å². The van der Waals surface area contributed by atoms with Crippen LogP contribution in [0.15, 0.2) is 59.4 Å². The van der Waals surface area contributed by atoms with Gasteiger partial charge in [0.15, 0.2) is 0 Å². The number of carbonyl (C=O) groups excluding carboxylic acids is 1. The Bertz CT molecular complexity index is 1500. The van der Waals surface area contributed by atoms with Crippen molar-refractivity contribution in [3.05, 3.63) is 92.6 Å². The van der Waals surface area contributed by atoms with Gasteiger partial charge >= 0.3 is 0 Å². The van der Waals surface area contributed by atoms with Gasteiger partial charge < -0.3 is 15.3 Å². The van der Waals surface area contributed by atoms with Crippen molar-refractivity contribution in [2.24, 2.45) is 0 Å². The van der Waals surface area contributed by atoms with Gasteiger partial charge in [-0.15, -0.1) is 11.3 Å². The molecule has 0 radical (unpaired) electrons. The molecule has 3 heterocycles. The molecule has 0 spiro atoms. The topological polar surface area (TPSA) is 104 Å². The SMILES string of the molecule is Cc1sc2nc(CCC(=O)N[C@@H](Cc3ccccc3)c3nc4ccccc4[nH]3)[nH]c(=O)c2c1C. The number of fused-ring (bicyclic) bond motifs is 2. The summed E-state index contributed by atoms with van der Waals surface area (Å²) in [5, 5.41) is 3.77. The van der Waals surface area contributed by atoms with Crippen LogP contribution in [0.5, 0.6) is 0 Å². The predicted molar refractivity (Wildman–Crippen MR) is 135 cm³/mol. The first-order chi connectivity index (χ1) is 16.5. The van der Waals surface area contributed by atoms with Crippen LogP contribution in [0.4, 0.5) is 0 Å². The maximum Gasteiger partial charge on any atom is 0.259 e. The standard InChI is InChI=1S/C26H25N5O2S/c1-15-16(2)34-26-23(15)25(33)30-21(31-26)12-13-22(32)27-20(14-17-8-4-3-5-9-17)24-28-18-10-6-7-11-19(18)29-24/h3-11,20H,12-14H2,1-2H3,(H,27,32)(H,28,29)(H,30,31,33)/t20-/m0/s1. The van der Waals surface area contributed by atoms with Gasteiger partial charge in [0.1, 0.15) is 16.5 Å². The number of aryl methyl sites for hydroxylation is 3. The Morgan fingerprint density at radius 3 is 2.59 bits per heavy atom. The number of aromatic nitrogens is 4. The van der Waals surface area contributed by atoms with Crippen molar-refractivity contribution in [2.75, 3.05) is 0 Å². The Hall–Kier alpha value is -3.78. The maximum absolute atomic E-state index is 12.9. The third-order valence-electron chi connectivity index (χ3n) is 6.03. The summed E-state index contributed by atoms with van der Waals surface area (Å²) in [7, 11) is 0. The zero-order chi connectivity index (χ0) is 23.7. The second-order valence-corrected chi connectivity index (χ2v) is 9.63. The number of hydrogen-bond donors (Lipinski definition) is 3. The molecule has 0 aliphatic rings. The van der Waals surface area contributed by atoms with Crippen molar-refractivity contribution >= 4 is 38.5 Å². The van der Waals surface area contributed by atoms with Crippen LogP contribution in [0.2, 0.25) is 0 Å². The fourth-order valence-corrected chi connectivity index (χ4v) is 5.17. The summed E-state index contributed by atoms with van der Waals surface area (Å²) >= 11 is 1.51. The molecule has 0 saturated carbocycles. The molecule has 34 heavy (non-hydrogen) atoms. The summed E-state index contributed by atoms with van der Waals surface area (Å²) in [5.74, 6) is 1.12. The number of benzene rings is 2. The maximum atomic E-state index is 12.9. The smallest absolute Gasteiger partial charge is 0.259 e. The Morgan fingerprint density at radius 2 is 1.79 bits per heavy atom. The third-order valence-corrected chi connectivity index (χ3v) is 7.13. The van der Waals surface area contributed by atoms with E-state index in [0.29, 0.717) is 24.1 Å². The van der Waals surface area contributed by atoms with Crippen molar-refractivity contribution in [1.82, 2.24) is 25.3 Å². The molecule has 1 amide bonds. The van der Waals surface area contributed by atoms with Crippen LogP contribution in [0, 0.1) is 13.8 Å². The Balaban J connectivity index is 1.34. The number of nitrogens with one attached hydrogen (secondary N) is 3. The van der Waals surface area contributed by atoms with E-state index < -0.39 is 0 Å². The van der Waals surface area contributed by atoms with E-state index in [-0.39, 0.29) is 23.9 Å². The minimum Gasteiger partial charge on any atom is -0.346 e. The second kappa shape index (κ2) is 9.23. The van der Waals surface area contributed by atoms with Crippen LogP contribution >= 0.6 is 11.3 Å². The molecule has 0 saturated heterocycles. The van der Waals surface area contributed by atoms with Crippen LogP contribution in [0.25, 0.3) is 21.3 Å². The number of aromatic amines is 2. The van der Waals surface area contributed by atoms with E-state index >= 15 is 0 Å². The van der Waals surface area contributed by atoms with Gasteiger partial charge in [-0.3, -0.25) is 9.59 Å². The number of nitrogens with zero attached hydrogens (tertiary/aromatic N) is 2. The van der Waals surface area contributed by atoms with Gasteiger partial charge in [0, 0.05) is 17.7 Å². The molecule has 5 rings (SSSR count). The molecule has 3 aromatic heterocycles. The summed E-state index contributed by atoms with van der Waals surface area (Å²) < 4.78 is 0. The van der Waals surface area contributed by atoms with Crippen LogP contribution in [-0.4, -0.2) is 25.8 Å². The molecule has 0 fully saturated rings. The summed E-state index contributed by atoms with van der Waals surface area (Å²) in [5.41, 5.74) is 3.72. The molecular formula is C26H25N5O2S. The molecule has 3 N–H and O–H groups in total. The Morgan fingerprint density at radius 1 is 1.03 bits per heavy atom. The molecule has 2 aromatic carbocycles. The molecule has 5 aromatic rings. The van der Waals surface area contributed by atoms with Crippen LogP contribution in [-0.2, 0) is 17.6 Å². The zero-order valence-corrected chi connectivity index (χ0v) is 19.8. The lowest BCUT2D eigenvalue weighted by Gasteiger charge is -2.17. The van der Waals surface area contributed by atoms with Crippen molar-refractivity contribution < 1.29 is 4.79 Å². The van der Waals surface area contributed by atoms with Gasteiger partial charge in [0.2, 0.25) is 5.91 Å². The first kappa shape index (κ1) is 22.0. The van der Waals surface area contributed by atoms with Gasteiger partial charge in [-0.2, -0.15) is 0 Å². The number of rotatable bonds is 7. The second-order valence-electron chi connectivity index (χ2n) is 8.43. The fourth-order valence-electron chi connectivity index (χ4n) is 4.12. The molecule has 7 nitrogen and oxygen atoms in total. The van der Waals surface area contributed by atoms with Gasteiger partial charge in [-0.05, 0) is 43.5 Å². The van der Waals surface area contributed by atoms with Gasteiger partial charge in [0.25, 0.3) is 5.56 Å². The third kappa shape index (κ3) is 4.49. The fraction of sp³-hybridized carbons (Fsp3) is 0.231. The molecular weight excluding hydrogens is 446 g/mol. The number of carbonyl (C=O) groups is 1. The Kier molecular flexibility index (Phi) is 5.98. The quantitative estimate of drug-likeness (QED) is 0.325. The lowest BCUT2D eigenvalue weighted by atomic mass is 10.1. The van der Waals surface area contributed by atoms with Crippen molar-refractivity contribution in [3.63, 3.8) is 0 Å². The van der Waals surface area contributed by atoms with E-state index in [1.807, 2.05) is 68.4 Å². The normalized spacial score (nSPS) is 12.3. The van der Waals surface area contributed by atoms with Gasteiger partial charge in [0.05, 0.1) is 22.5 Å². The molecule has 0 unspecified atom stereocenters. The number of H-pyrrole nitrogens is 2. The zero-order valence-electron chi connectivity index (χ0n) is 19.0. The minimum absolute atomic E-state index is 0.123. The monoisotopic (exact) mass is 471 g/mol. The van der Waals surface area contributed by atoms with Crippen LogP contribution in [0.3, 0.4) is 0 Å². The van der Waals surface area contributed by atoms with E-state index in [1.165, 1.54) is 11.3 Å². The summed E-state index contributed by atoms with van der Waals surface area (Å²) in [4.78, 5) is 42.8. The molecule has 0 aliphatic heterocycles. The van der Waals surface area contributed by atoms with E-state index in [0.717, 1.165) is 37.7 Å². The number of imidazole rings is 1. The average molecular weight is 472 g/mol. The number of thiophene rings is 1. The minimum atomic E-state index is -0.306. The van der Waals surface area contributed by atoms with Crippen LogP contribution < -0.4 is 10.9 Å². The largest absolute Gasteiger partial charge is 0.346 e. The summed E-state index contributed by atoms with van der Waals surface area (Å²) in [6, 6.07) is 17.5. The lowest BCUT2D eigenvalue weighted by Crippen LogP contribution is -2.31.